The second-order valence-electron chi connectivity index (χ2n) is 8.76. The molecule has 0 bridgehead atoms. The normalized spacial score (nSPS) is 24.9. The number of nitrogens with one attached hydrogen (secondary N) is 1. The first-order valence-corrected chi connectivity index (χ1v) is 10.5. The van der Waals surface area contributed by atoms with E-state index in [1.807, 2.05) is 43.1 Å². The van der Waals surface area contributed by atoms with Crippen LogP contribution in [-0.4, -0.2) is 86.3 Å². The molecular weight excluding hydrogens is 370 g/mol. The summed E-state index contributed by atoms with van der Waals surface area (Å²) in [6, 6.07) is 7.39. The number of carbonyl (C=O) groups is 2. The minimum absolute atomic E-state index is 0.0286. The molecule has 2 amide bonds. The van der Waals surface area contributed by atoms with Crippen LogP contribution in [0.15, 0.2) is 24.3 Å². The summed E-state index contributed by atoms with van der Waals surface area (Å²) >= 11 is 0. The van der Waals surface area contributed by atoms with Gasteiger partial charge in [0, 0.05) is 31.9 Å². The Kier molecular flexibility index (Phi) is 5.90. The molecule has 1 atom stereocenters. The molecule has 1 aromatic carbocycles. The van der Waals surface area contributed by atoms with Gasteiger partial charge in [0.2, 0.25) is 5.91 Å². The molecule has 1 N–H and O–H groups in total. The Labute approximate surface area is 172 Å². The van der Waals surface area contributed by atoms with Crippen LogP contribution in [-0.2, 0) is 14.3 Å². The van der Waals surface area contributed by atoms with E-state index < -0.39 is 0 Å². The van der Waals surface area contributed by atoms with Gasteiger partial charge >= 0.3 is 0 Å². The van der Waals surface area contributed by atoms with Gasteiger partial charge in [0.15, 0.2) is 0 Å². The van der Waals surface area contributed by atoms with E-state index in [0.29, 0.717) is 38.7 Å². The van der Waals surface area contributed by atoms with Crippen molar-refractivity contribution in [3.8, 4) is 0 Å². The molecule has 3 aliphatic heterocycles. The van der Waals surface area contributed by atoms with Gasteiger partial charge in [-0.05, 0) is 44.9 Å². The molecule has 7 heteroatoms. The van der Waals surface area contributed by atoms with Crippen molar-refractivity contribution in [1.82, 2.24) is 15.1 Å². The minimum atomic E-state index is -0.355. The van der Waals surface area contributed by atoms with Crippen LogP contribution in [0.5, 0.6) is 0 Å². The average Bonchev–Trinajstić information content (AvgIpc) is 2.70. The molecule has 0 saturated carbocycles. The average molecular weight is 402 g/mol. The van der Waals surface area contributed by atoms with Crippen LogP contribution in [0.2, 0.25) is 0 Å². The zero-order valence-corrected chi connectivity index (χ0v) is 17.4. The van der Waals surface area contributed by atoms with Gasteiger partial charge in [-0.3, -0.25) is 14.5 Å². The first-order chi connectivity index (χ1) is 14.0. The lowest BCUT2D eigenvalue weighted by Gasteiger charge is -2.54. The second kappa shape index (κ2) is 8.42. The van der Waals surface area contributed by atoms with E-state index in [-0.39, 0.29) is 23.5 Å². The summed E-state index contributed by atoms with van der Waals surface area (Å²) in [5, 5.41) is 3.09. The number of ether oxygens (including phenoxy) is 2. The molecule has 4 rings (SSSR count). The highest BCUT2D eigenvalue weighted by Gasteiger charge is 2.51. The van der Waals surface area contributed by atoms with Crippen LogP contribution in [0.4, 0.5) is 0 Å². The molecule has 0 aromatic heterocycles. The molecule has 3 heterocycles. The Morgan fingerprint density at radius 1 is 1.21 bits per heavy atom. The van der Waals surface area contributed by atoms with E-state index in [0.717, 1.165) is 37.2 Å². The van der Waals surface area contributed by atoms with Crippen LogP contribution < -0.4 is 5.32 Å². The van der Waals surface area contributed by atoms with Crippen molar-refractivity contribution in [3.63, 3.8) is 0 Å². The van der Waals surface area contributed by atoms with Gasteiger partial charge < -0.3 is 19.7 Å². The summed E-state index contributed by atoms with van der Waals surface area (Å²) in [5.41, 5.74) is 1.44. The van der Waals surface area contributed by atoms with E-state index in [9.17, 15) is 9.59 Å². The summed E-state index contributed by atoms with van der Waals surface area (Å²) in [6.45, 7) is 6.42. The van der Waals surface area contributed by atoms with Crippen molar-refractivity contribution in [3.05, 3.63) is 35.4 Å². The SMILES string of the molecule is Cc1cccc(C(=O)N2CC3(C2)CN(C)C(C(=O)NCC2CCOCC2)CO3)c1. The smallest absolute Gasteiger partial charge is 0.254 e. The Hall–Kier alpha value is -1.96. The molecule has 3 aliphatic rings. The standard InChI is InChI=1S/C22H31N3O4/c1-16-4-3-5-18(10-16)21(27)25-14-22(15-25)13-24(2)19(12-29-22)20(26)23-11-17-6-8-28-9-7-17/h3-5,10,17,19H,6-9,11-15H2,1-2H3,(H,23,26). The summed E-state index contributed by atoms with van der Waals surface area (Å²) < 4.78 is 11.5. The number of rotatable bonds is 4. The van der Waals surface area contributed by atoms with E-state index in [2.05, 4.69) is 10.2 Å². The fraction of sp³-hybridized carbons (Fsp3) is 0.636. The molecule has 3 fully saturated rings. The minimum Gasteiger partial charge on any atom is -0.381 e. The van der Waals surface area contributed by atoms with Crippen molar-refractivity contribution in [2.75, 3.05) is 53.0 Å². The number of aryl methyl sites for hydroxylation is 1. The number of likely N-dealkylation sites (tertiary alicyclic amines) is 1. The first-order valence-electron chi connectivity index (χ1n) is 10.5. The number of morpholine rings is 1. The Morgan fingerprint density at radius 3 is 2.66 bits per heavy atom. The number of amides is 2. The number of likely N-dealkylation sites (N-methyl/N-ethyl adjacent to an activating group) is 1. The zero-order chi connectivity index (χ0) is 20.4. The molecule has 1 spiro atoms. The largest absolute Gasteiger partial charge is 0.381 e. The third kappa shape index (κ3) is 4.47. The molecule has 3 saturated heterocycles. The Bertz CT molecular complexity index is 756. The maximum atomic E-state index is 12.7. The number of hydrogen-bond acceptors (Lipinski definition) is 5. The van der Waals surface area contributed by atoms with Crippen molar-refractivity contribution in [2.45, 2.75) is 31.4 Å². The predicted octanol–water partition coefficient (Wildman–Crippen LogP) is 1.06. The van der Waals surface area contributed by atoms with Gasteiger partial charge in [0.05, 0.1) is 19.7 Å². The summed E-state index contributed by atoms with van der Waals surface area (Å²) in [7, 11) is 1.97. The molecule has 0 aliphatic carbocycles. The number of nitrogens with zero attached hydrogens (tertiary/aromatic N) is 2. The van der Waals surface area contributed by atoms with E-state index in [1.165, 1.54) is 0 Å². The van der Waals surface area contributed by atoms with Crippen LogP contribution in [0.25, 0.3) is 0 Å². The van der Waals surface area contributed by atoms with Crippen LogP contribution in [0, 0.1) is 12.8 Å². The van der Waals surface area contributed by atoms with E-state index >= 15 is 0 Å². The fourth-order valence-electron chi connectivity index (χ4n) is 4.53. The third-order valence-electron chi connectivity index (χ3n) is 6.34. The van der Waals surface area contributed by atoms with Gasteiger partial charge in [0.25, 0.3) is 5.91 Å². The molecule has 1 unspecified atom stereocenters. The highest BCUT2D eigenvalue weighted by Crippen LogP contribution is 2.31. The Morgan fingerprint density at radius 2 is 1.97 bits per heavy atom. The number of carbonyl (C=O) groups excluding carboxylic acids is 2. The topological polar surface area (TPSA) is 71.1 Å². The van der Waals surface area contributed by atoms with Crippen molar-refractivity contribution >= 4 is 11.8 Å². The van der Waals surface area contributed by atoms with E-state index in [4.69, 9.17) is 9.47 Å². The van der Waals surface area contributed by atoms with Crippen LogP contribution in [0.1, 0.15) is 28.8 Å². The zero-order valence-electron chi connectivity index (χ0n) is 17.4. The van der Waals surface area contributed by atoms with Gasteiger partial charge in [0.1, 0.15) is 11.6 Å². The highest BCUT2D eigenvalue weighted by atomic mass is 16.5. The van der Waals surface area contributed by atoms with Crippen LogP contribution in [0.3, 0.4) is 0 Å². The lowest BCUT2D eigenvalue weighted by Crippen LogP contribution is -2.73. The van der Waals surface area contributed by atoms with Crippen LogP contribution >= 0.6 is 0 Å². The maximum Gasteiger partial charge on any atom is 0.254 e. The predicted molar refractivity (Wildman–Crippen MR) is 109 cm³/mol. The third-order valence-corrected chi connectivity index (χ3v) is 6.34. The lowest BCUT2D eigenvalue weighted by atomic mass is 9.89. The van der Waals surface area contributed by atoms with E-state index in [1.54, 1.807) is 0 Å². The fourth-order valence-corrected chi connectivity index (χ4v) is 4.53. The molecule has 1 aromatic rings. The monoisotopic (exact) mass is 401 g/mol. The van der Waals surface area contributed by atoms with Gasteiger partial charge in [-0.25, -0.2) is 0 Å². The van der Waals surface area contributed by atoms with Crippen molar-refractivity contribution in [1.29, 1.82) is 0 Å². The van der Waals surface area contributed by atoms with Crippen molar-refractivity contribution < 1.29 is 19.1 Å². The van der Waals surface area contributed by atoms with Gasteiger partial charge in [-0.1, -0.05) is 17.7 Å². The maximum absolute atomic E-state index is 12.7. The molecule has 7 nitrogen and oxygen atoms in total. The van der Waals surface area contributed by atoms with Crippen molar-refractivity contribution in [2.24, 2.45) is 5.92 Å². The second-order valence-corrected chi connectivity index (χ2v) is 8.76. The highest BCUT2D eigenvalue weighted by molar-refractivity contribution is 5.95. The summed E-state index contributed by atoms with van der Waals surface area (Å²) in [4.78, 5) is 29.2. The first kappa shape index (κ1) is 20.3. The number of hydrogen-bond donors (Lipinski definition) is 1. The molecular formula is C22H31N3O4. The molecule has 29 heavy (non-hydrogen) atoms. The quantitative estimate of drug-likeness (QED) is 0.817. The summed E-state index contributed by atoms with van der Waals surface area (Å²) in [6.07, 6.45) is 2.01. The molecule has 0 radical (unpaired) electrons. The number of benzene rings is 1. The molecule has 158 valence electrons. The van der Waals surface area contributed by atoms with Gasteiger partial charge in [-0.2, -0.15) is 0 Å². The Balaban J connectivity index is 1.26. The summed E-state index contributed by atoms with van der Waals surface area (Å²) in [5.74, 6) is 0.574. The lowest BCUT2D eigenvalue weighted by molar-refractivity contribution is -0.187. The van der Waals surface area contributed by atoms with Gasteiger partial charge in [-0.15, -0.1) is 0 Å².